The zero-order valence-corrected chi connectivity index (χ0v) is 15.2. The first-order valence-electron chi connectivity index (χ1n) is 7.79. The second-order valence-corrected chi connectivity index (χ2v) is 5.55. The van der Waals surface area contributed by atoms with E-state index in [2.05, 4.69) is 90.6 Å². The molecule has 0 atom stereocenters. The van der Waals surface area contributed by atoms with Crippen LogP contribution in [0.3, 0.4) is 0 Å². The predicted molar refractivity (Wildman–Crippen MR) is 92.4 cm³/mol. The molecule has 114 valence electrons. The first kappa shape index (κ1) is 15.9. The van der Waals surface area contributed by atoms with Gasteiger partial charge in [-0.15, -0.1) is 0 Å². The third-order valence-corrected chi connectivity index (χ3v) is 4.34. The molecule has 0 unspecified atom stereocenters. The van der Waals surface area contributed by atoms with Crippen LogP contribution in [0.4, 0.5) is 0 Å². The van der Waals surface area contributed by atoms with Crippen LogP contribution in [0.15, 0.2) is 79.1 Å². The number of fused-ring (bicyclic) bond motifs is 2. The van der Waals surface area contributed by atoms with Crippen LogP contribution in [-0.2, 0) is 6.42 Å². The van der Waals surface area contributed by atoms with Gasteiger partial charge in [0.2, 0.25) is 5.69 Å². The van der Waals surface area contributed by atoms with Crippen molar-refractivity contribution in [3.63, 3.8) is 0 Å². The number of hydrogen-bond acceptors (Lipinski definition) is 0. The van der Waals surface area contributed by atoms with Crippen LogP contribution in [0.5, 0.6) is 0 Å². The Bertz CT molecular complexity index is 904. The first-order chi connectivity index (χ1) is 10.9. The van der Waals surface area contributed by atoms with E-state index in [0.29, 0.717) is 0 Å². The van der Waals surface area contributed by atoms with Gasteiger partial charge in [-0.1, -0.05) is 49.4 Å². The van der Waals surface area contributed by atoms with Gasteiger partial charge in [0, 0.05) is 12.1 Å². The standard InChI is InChI=1S/C21H18N.HI/c1-2-16-17-10-4-6-12-19(17)21(22-14-8-3-9-15-22)20-13-7-5-11-18(16)20;/h3-15H,2H2,1H3;1H/q+1;/p-1. The number of aryl methyl sites for hydroxylation is 1. The summed E-state index contributed by atoms with van der Waals surface area (Å²) >= 11 is 0. The molecule has 1 nitrogen and oxygen atoms in total. The van der Waals surface area contributed by atoms with Gasteiger partial charge in [-0.3, -0.25) is 0 Å². The van der Waals surface area contributed by atoms with E-state index in [9.17, 15) is 0 Å². The number of nitrogens with zero attached hydrogens (tertiary/aromatic N) is 1. The molecule has 0 N–H and O–H groups in total. The molecule has 0 aliphatic carbocycles. The van der Waals surface area contributed by atoms with E-state index in [-0.39, 0.29) is 24.0 Å². The topological polar surface area (TPSA) is 3.88 Å². The van der Waals surface area contributed by atoms with Crippen molar-refractivity contribution in [1.82, 2.24) is 0 Å². The molecular formula is C21H18IN. The summed E-state index contributed by atoms with van der Waals surface area (Å²) in [6.07, 6.45) is 5.29. The summed E-state index contributed by atoms with van der Waals surface area (Å²) < 4.78 is 2.23. The van der Waals surface area contributed by atoms with Crippen molar-refractivity contribution in [2.75, 3.05) is 0 Å². The number of halogens is 1. The lowest BCUT2D eigenvalue weighted by Gasteiger charge is -2.12. The molecule has 0 saturated carbocycles. The number of hydrogen-bond donors (Lipinski definition) is 0. The monoisotopic (exact) mass is 411 g/mol. The van der Waals surface area contributed by atoms with Gasteiger partial charge in [0.1, 0.15) is 0 Å². The summed E-state index contributed by atoms with van der Waals surface area (Å²) in [5, 5.41) is 5.34. The third-order valence-electron chi connectivity index (χ3n) is 4.34. The van der Waals surface area contributed by atoms with Crippen molar-refractivity contribution < 1.29 is 28.5 Å². The second-order valence-electron chi connectivity index (χ2n) is 5.55. The van der Waals surface area contributed by atoms with Gasteiger partial charge < -0.3 is 24.0 Å². The fourth-order valence-electron chi connectivity index (χ4n) is 3.40. The number of aromatic nitrogens is 1. The maximum absolute atomic E-state index is 2.24. The Hall–Kier alpha value is -1.94. The minimum Gasteiger partial charge on any atom is -1.00 e. The van der Waals surface area contributed by atoms with Gasteiger partial charge in [-0.2, -0.15) is 4.57 Å². The van der Waals surface area contributed by atoms with Crippen LogP contribution in [0.25, 0.3) is 27.2 Å². The first-order valence-corrected chi connectivity index (χ1v) is 7.79. The lowest BCUT2D eigenvalue weighted by atomic mass is 9.93. The Labute approximate surface area is 153 Å². The summed E-state index contributed by atoms with van der Waals surface area (Å²) in [4.78, 5) is 0. The van der Waals surface area contributed by atoms with E-state index in [0.717, 1.165) is 6.42 Å². The maximum atomic E-state index is 2.24. The van der Waals surface area contributed by atoms with E-state index in [1.807, 2.05) is 0 Å². The largest absolute Gasteiger partial charge is 1.00 e. The average Bonchev–Trinajstić information content (AvgIpc) is 2.60. The molecule has 1 aromatic heterocycles. The molecule has 0 radical (unpaired) electrons. The van der Waals surface area contributed by atoms with Crippen molar-refractivity contribution in [3.8, 4) is 5.69 Å². The zero-order chi connectivity index (χ0) is 14.9. The van der Waals surface area contributed by atoms with Crippen LogP contribution < -0.4 is 28.5 Å². The molecular weight excluding hydrogens is 393 g/mol. The van der Waals surface area contributed by atoms with Crippen molar-refractivity contribution in [2.24, 2.45) is 0 Å². The highest BCUT2D eigenvalue weighted by molar-refractivity contribution is 6.08. The summed E-state index contributed by atoms with van der Waals surface area (Å²) in [6.45, 7) is 2.24. The molecule has 1 heterocycles. The zero-order valence-electron chi connectivity index (χ0n) is 13.0. The molecule has 0 spiro atoms. The van der Waals surface area contributed by atoms with Gasteiger partial charge in [0.15, 0.2) is 12.4 Å². The van der Waals surface area contributed by atoms with Crippen LogP contribution in [0, 0.1) is 0 Å². The van der Waals surface area contributed by atoms with E-state index < -0.39 is 0 Å². The van der Waals surface area contributed by atoms with Crippen molar-refractivity contribution in [1.29, 1.82) is 0 Å². The second kappa shape index (κ2) is 6.67. The van der Waals surface area contributed by atoms with Crippen LogP contribution in [0.2, 0.25) is 0 Å². The molecule has 0 fully saturated rings. The molecule has 0 bridgehead atoms. The summed E-state index contributed by atoms with van der Waals surface area (Å²) in [6, 6.07) is 23.7. The molecule has 2 heteroatoms. The smallest absolute Gasteiger partial charge is 0.226 e. The van der Waals surface area contributed by atoms with Gasteiger partial charge in [-0.25, -0.2) is 0 Å². The highest BCUT2D eigenvalue weighted by Crippen LogP contribution is 2.33. The molecule has 0 aliphatic heterocycles. The Morgan fingerprint density at radius 2 is 1.13 bits per heavy atom. The van der Waals surface area contributed by atoms with Crippen molar-refractivity contribution in [2.45, 2.75) is 13.3 Å². The van der Waals surface area contributed by atoms with Crippen molar-refractivity contribution in [3.05, 3.63) is 84.7 Å². The van der Waals surface area contributed by atoms with E-state index in [4.69, 9.17) is 0 Å². The fourth-order valence-corrected chi connectivity index (χ4v) is 3.40. The maximum Gasteiger partial charge on any atom is 0.226 e. The Morgan fingerprint density at radius 3 is 1.61 bits per heavy atom. The highest BCUT2D eigenvalue weighted by atomic mass is 127. The summed E-state index contributed by atoms with van der Waals surface area (Å²) in [5.74, 6) is 0. The summed E-state index contributed by atoms with van der Waals surface area (Å²) in [7, 11) is 0. The molecule has 4 rings (SSSR count). The SMILES string of the molecule is CCc1c2ccccc2c(-[n+]2ccccc2)c2ccccc12.[I-]. The molecule has 0 saturated heterocycles. The lowest BCUT2D eigenvalue weighted by Crippen LogP contribution is -3.00. The number of pyridine rings is 1. The Morgan fingerprint density at radius 1 is 0.652 bits per heavy atom. The average molecular weight is 411 g/mol. The lowest BCUT2D eigenvalue weighted by molar-refractivity contribution is -0.592. The molecule has 0 aliphatic rings. The number of rotatable bonds is 2. The Balaban J connectivity index is 0.00000156. The minimum atomic E-state index is 0. The minimum absolute atomic E-state index is 0. The molecule has 4 aromatic rings. The summed E-state index contributed by atoms with van der Waals surface area (Å²) in [5.41, 5.74) is 2.70. The highest BCUT2D eigenvalue weighted by Gasteiger charge is 2.18. The molecule has 3 aromatic carbocycles. The van der Waals surface area contributed by atoms with E-state index >= 15 is 0 Å². The molecule has 23 heavy (non-hydrogen) atoms. The number of benzene rings is 3. The van der Waals surface area contributed by atoms with Gasteiger partial charge in [0.25, 0.3) is 0 Å². The predicted octanol–water partition coefficient (Wildman–Crippen LogP) is 1.84. The van der Waals surface area contributed by atoms with Crippen LogP contribution >= 0.6 is 0 Å². The van der Waals surface area contributed by atoms with Crippen LogP contribution in [0.1, 0.15) is 12.5 Å². The quantitative estimate of drug-likeness (QED) is 0.269. The van der Waals surface area contributed by atoms with Crippen molar-refractivity contribution >= 4 is 21.5 Å². The van der Waals surface area contributed by atoms with Gasteiger partial charge in [0.05, 0.1) is 10.8 Å². The molecule has 0 amide bonds. The Kier molecular flexibility index (Phi) is 4.62. The fraction of sp³-hybridized carbons (Fsp3) is 0.0952. The third kappa shape index (κ3) is 2.61. The van der Waals surface area contributed by atoms with Gasteiger partial charge >= 0.3 is 0 Å². The van der Waals surface area contributed by atoms with E-state index in [1.54, 1.807) is 0 Å². The normalized spacial score (nSPS) is 10.7. The van der Waals surface area contributed by atoms with Crippen LogP contribution in [-0.4, -0.2) is 0 Å². The van der Waals surface area contributed by atoms with Gasteiger partial charge in [-0.05, 0) is 34.9 Å². The van der Waals surface area contributed by atoms with E-state index in [1.165, 1.54) is 32.8 Å².